The van der Waals surface area contributed by atoms with Crippen LogP contribution in [0.5, 0.6) is 0 Å². The fraction of sp³-hybridized carbons (Fsp3) is 0.300. The average Bonchev–Trinajstić information content (AvgIpc) is 2.60. The highest BCUT2D eigenvalue weighted by Gasteiger charge is 2.13. The first-order valence-corrected chi connectivity index (χ1v) is 5.43. The van der Waals surface area contributed by atoms with E-state index in [1.54, 1.807) is 10.6 Å². The molecule has 2 aromatic rings. The van der Waals surface area contributed by atoms with Gasteiger partial charge in [0, 0.05) is 6.20 Å². The largest absolute Gasteiger partial charge is 0.387 e. The minimum absolute atomic E-state index is 0.364. The van der Waals surface area contributed by atoms with Crippen LogP contribution in [-0.2, 0) is 0 Å². The Balaban J connectivity index is 2.68. The van der Waals surface area contributed by atoms with Crippen molar-refractivity contribution >= 4 is 21.6 Å². The van der Waals surface area contributed by atoms with Gasteiger partial charge >= 0.3 is 0 Å². The predicted molar refractivity (Wildman–Crippen MR) is 58.1 cm³/mol. The third-order valence-electron chi connectivity index (χ3n) is 2.28. The van der Waals surface area contributed by atoms with Crippen molar-refractivity contribution in [2.45, 2.75) is 19.4 Å². The van der Waals surface area contributed by atoms with E-state index < -0.39 is 6.10 Å². The van der Waals surface area contributed by atoms with E-state index in [0.717, 1.165) is 0 Å². The average molecular weight is 273 g/mol. The molecule has 0 aliphatic carbocycles. The minimum atomic E-state index is -0.617. The molecule has 0 fully saturated rings. The highest BCUT2D eigenvalue weighted by molar-refractivity contribution is 9.10. The molecule has 0 amide bonds. The van der Waals surface area contributed by atoms with Crippen LogP contribution in [-0.4, -0.2) is 14.5 Å². The number of aliphatic hydroxyl groups excluding tert-OH is 1. The van der Waals surface area contributed by atoms with E-state index in [2.05, 4.69) is 20.9 Å². The number of imidazole rings is 1. The molecular formula is C10H10BrFN2O. The highest BCUT2D eigenvalue weighted by atomic mass is 79.9. The van der Waals surface area contributed by atoms with Crippen LogP contribution in [0.15, 0.2) is 22.9 Å². The molecule has 0 aliphatic heterocycles. The van der Waals surface area contributed by atoms with Crippen LogP contribution < -0.4 is 0 Å². The van der Waals surface area contributed by atoms with Crippen LogP contribution in [0, 0.1) is 5.82 Å². The number of aromatic nitrogens is 2. The zero-order valence-corrected chi connectivity index (χ0v) is 9.70. The zero-order chi connectivity index (χ0) is 11.0. The van der Waals surface area contributed by atoms with Crippen molar-refractivity contribution < 1.29 is 9.50 Å². The summed E-state index contributed by atoms with van der Waals surface area (Å²) in [6.45, 7) is 1.86. The lowest BCUT2D eigenvalue weighted by molar-refractivity contribution is 0.168. The van der Waals surface area contributed by atoms with Gasteiger partial charge < -0.3 is 5.11 Å². The number of nitrogens with zero attached hydrogens (tertiary/aromatic N) is 2. The summed E-state index contributed by atoms with van der Waals surface area (Å²) in [6, 6.07) is 1.35. The molecule has 0 radical (unpaired) electrons. The lowest BCUT2D eigenvalue weighted by Gasteiger charge is -2.07. The topological polar surface area (TPSA) is 37.5 Å². The van der Waals surface area contributed by atoms with Crippen LogP contribution in [0.4, 0.5) is 4.39 Å². The fourth-order valence-electron chi connectivity index (χ4n) is 1.49. The molecule has 15 heavy (non-hydrogen) atoms. The second-order valence-electron chi connectivity index (χ2n) is 3.31. The van der Waals surface area contributed by atoms with E-state index >= 15 is 0 Å². The summed E-state index contributed by atoms with van der Waals surface area (Å²) in [6.07, 6.45) is 2.84. The number of hydrogen-bond acceptors (Lipinski definition) is 2. The molecule has 0 bridgehead atoms. The Morgan fingerprint density at radius 3 is 3.07 bits per heavy atom. The lowest BCUT2D eigenvalue weighted by Crippen LogP contribution is -2.00. The Kier molecular flexibility index (Phi) is 2.75. The number of hydrogen-bond donors (Lipinski definition) is 1. The van der Waals surface area contributed by atoms with E-state index in [9.17, 15) is 9.50 Å². The maximum atomic E-state index is 13.2. The Morgan fingerprint density at radius 2 is 2.40 bits per heavy atom. The van der Waals surface area contributed by atoms with Gasteiger partial charge in [0.1, 0.15) is 5.82 Å². The first-order valence-electron chi connectivity index (χ1n) is 4.63. The van der Waals surface area contributed by atoms with Crippen molar-refractivity contribution in [2.24, 2.45) is 0 Å². The first-order chi connectivity index (χ1) is 7.13. The van der Waals surface area contributed by atoms with Crippen LogP contribution in [0.1, 0.15) is 25.1 Å². The molecule has 0 aliphatic rings. The molecule has 0 aromatic carbocycles. The van der Waals surface area contributed by atoms with Crippen molar-refractivity contribution in [3.05, 3.63) is 34.4 Å². The molecule has 0 saturated carbocycles. The second kappa shape index (κ2) is 3.90. The second-order valence-corrected chi connectivity index (χ2v) is 4.16. The Labute approximate surface area is 94.7 Å². The van der Waals surface area contributed by atoms with Gasteiger partial charge in [-0.3, -0.25) is 4.40 Å². The first kappa shape index (κ1) is 10.6. The van der Waals surface area contributed by atoms with Gasteiger partial charge in [0.25, 0.3) is 0 Å². The van der Waals surface area contributed by atoms with Crippen molar-refractivity contribution in [3.8, 4) is 0 Å². The predicted octanol–water partition coefficient (Wildman–Crippen LogP) is 2.68. The standard InChI is InChI=1S/C10H10BrFN2O/c1-2-9(15)8-4-13-10-7(11)3-6(12)5-14(8)10/h3-5,9,15H,2H2,1H3. The number of fused-ring (bicyclic) bond motifs is 1. The molecule has 0 saturated heterocycles. The molecule has 3 nitrogen and oxygen atoms in total. The fourth-order valence-corrected chi connectivity index (χ4v) is 2.00. The van der Waals surface area contributed by atoms with Crippen molar-refractivity contribution in [1.29, 1.82) is 0 Å². The highest BCUT2D eigenvalue weighted by Crippen LogP contribution is 2.23. The van der Waals surface area contributed by atoms with E-state index in [-0.39, 0.29) is 5.82 Å². The number of pyridine rings is 1. The van der Waals surface area contributed by atoms with Gasteiger partial charge in [0.15, 0.2) is 5.65 Å². The van der Waals surface area contributed by atoms with Gasteiger partial charge in [-0.2, -0.15) is 0 Å². The number of halogens is 2. The van der Waals surface area contributed by atoms with Crippen LogP contribution in [0.25, 0.3) is 5.65 Å². The number of rotatable bonds is 2. The lowest BCUT2D eigenvalue weighted by atomic mass is 10.2. The maximum absolute atomic E-state index is 13.2. The number of aliphatic hydroxyl groups is 1. The smallest absolute Gasteiger partial charge is 0.151 e. The summed E-state index contributed by atoms with van der Waals surface area (Å²) in [5, 5.41) is 9.70. The monoisotopic (exact) mass is 272 g/mol. The van der Waals surface area contributed by atoms with E-state index in [4.69, 9.17) is 0 Å². The third kappa shape index (κ3) is 1.77. The SMILES string of the molecule is CCC(O)c1cnc2c(Br)cc(F)cn12. The van der Waals surface area contributed by atoms with Gasteiger partial charge in [-0.15, -0.1) is 0 Å². The van der Waals surface area contributed by atoms with Gasteiger partial charge in [0.05, 0.1) is 22.5 Å². The summed E-state index contributed by atoms with van der Waals surface area (Å²) in [4.78, 5) is 4.12. The molecule has 0 spiro atoms. The van der Waals surface area contributed by atoms with Crippen molar-refractivity contribution in [2.75, 3.05) is 0 Å². The van der Waals surface area contributed by atoms with E-state index in [1.165, 1.54) is 12.3 Å². The van der Waals surface area contributed by atoms with Crippen LogP contribution in [0.3, 0.4) is 0 Å². The van der Waals surface area contributed by atoms with Crippen molar-refractivity contribution in [1.82, 2.24) is 9.38 Å². The summed E-state index contributed by atoms with van der Waals surface area (Å²) >= 11 is 3.23. The van der Waals surface area contributed by atoms with Crippen LogP contribution in [0.2, 0.25) is 0 Å². The molecule has 1 atom stereocenters. The van der Waals surface area contributed by atoms with Gasteiger partial charge in [-0.1, -0.05) is 6.92 Å². The molecule has 2 aromatic heterocycles. The van der Waals surface area contributed by atoms with Gasteiger partial charge in [-0.05, 0) is 28.4 Å². The van der Waals surface area contributed by atoms with E-state index in [0.29, 0.717) is 22.2 Å². The molecule has 5 heteroatoms. The molecule has 2 rings (SSSR count). The Morgan fingerprint density at radius 1 is 1.67 bits per heavy atom. The van der Waals surface area contributed by atoms with Crippen LogP contribution >= 0.6 is 15.9 Å². The summed E-state index contributed by atoms with van der Waals surface area (Å²) in [7, 11) is 0. The molecule has 1 unspecified atom stereocenters. The maximum Gasteiger partial charge on any atom is 0.151 e. The summed E-state index contributed by atoms with van der Waals surface area (Å²) in [5.74, 6) is -0.364. The molecular weight excluding hydrogens is 263 g/mol. The third-order valence-corrected chi connectivity index (χ3v) is 2.87. The van der Waals surface area contributed by atoms with Gasteiger partial charge in [0.2, 0.25) is 0 Å². The Hall–Kier alpha value is -0.940. The molecule has 1 N–H and O–H groups in total. The zero-order valence-electron chi connectivity index (χ0n) is 8.11. The van der Waals surface area contributed by atoms with Gasteiger partial charge in [-0.25, -0.2) is 9.37 Å². The normalized spacial score (nSPS) is 13.3. The molecule has 2 heterocycles. The summed E-state index contributed by atoms with van der Waals surface area (Å²) < 4.78 is 15.3. The van der Waals surface area contributed by atoms with E-state index in [1.807, 2.05) is 6.92 Å². The minimum Gasteiger partial charge on any atom is -0.387 e. The quantitative estimate of drug-likeness (QED) is 0.913. The van der Waals surface area contributed by atoms with Crippen molar-refractivity contribution in [3.63, 3.8) is 0 Å². The molecule has 80 valence electrons. The summed E-state index contributed by atoms with van der Waals surface area (Å²) in [5.41, 5.74) is 1.21. The Bertz CT molecular complexity index is 497.